The van der Waals surface area contributed by atoms with E-state index in [-0.39, 0.29) is 17.1 Å². The molecule has 10 atom stereocenters. The first-order chi connectivity index (χ1) is 21.3. The van der Waals surface area contributed by atoms with Gasteiger partial charge >= 0.3 is 15.6 Å². The molecule has 0 saturated carbocycles. The van der Waals surface area contributed by atoms with E-state index in [1.807, 2.05) is 0 Å². The molecule has 7 rings (SSSR count). The number of nitrogens with one attached hydrogen (secondary N) is 1. The summed E-state index contributed by atoms with van der Waals surface area (Å²) in [7, 11) is -10.1. The number of rotatable bonds is 2. The monoisotopic (exact) mass is 672 g/mol. The topological polar surface area (TPSA) is 304 Å². The second kappa shape index (κ2) is 10.9. The van der Waals surface area contributed by atoms with Crippen LogP contribution in [0.1, 0.15) is 12.5 Å². The van der Waals surface area contributed by atoms with Crippen LogP contribution in [0.3, 0.4) is 0 Å². The van der Waals surface area contributed by atoms with Crippen LogP contribution in [-0.4, -0.2) is 98.9 Å². The molecule has 45 heavy (non-hydrogen) atoms. The largest absolute Gasteiger partial charge is 0.472 e. The third-order valence-corrected chi connectivity index (χ3v) is 9.54. The Morgan fingerprint density at radius 1 is 0.867 bits per heavy atom. The van der Waals surface area contributed by atoms with Crippen molar-refractivity contribution in [1.82, 2.24) is 29.1 Å². The lowest BCUT2D eigenvalue weighted by Crippen LogP contribution is -2.36. The average Bonchev–Trinajstić information content (AvgIpc) is 3.72. The van der Waals surface area contributed by atoms with Gasteiger partial charge in [-0.25, -0.2) is 19.1 Å². The van der Waals surface area contributed by atoms with E-state index in [9.17, 15) is 33.9 Å². The molecule has 0 amide bonds. The van der Waals surface area contributed by atoms with Crippen LogP contribution >= 0.6 is 15.6 Å². The molecular formula is C22H26N8O13P2. The van der Waals surface area contributed by atoms with Crippen molar-refractivity contribution in [2.24, 2.45) is 0 Å². The molecule has 1 aromatic carbocycles. The Bertz CT molecular complexity index is 1930. The number of imidazole rings is 2. The lowest BCUT2D eigenvalue weighted by Gasteiger charge is -2.25. The van der Waals surface area contributed by atoms with Gasteiger partial charge in [-0.3, -0.25) is 32.4 Å². The molecule has 4 aromatic rings. The summed E-state index contributed by atoms with van der Waals surface area (Å²) >= 11 is 0. The molecule has 6 heterocycles. The maximum atomic E-state index is 13.2. The number of fused-ring (bicyclic) bond motifs is 5. The average molecular weight is 672 g/mol. The van der Waals surface area contributed by atoms with E-state index in [0.717, 1.165) is 10.9 Å². The van der Waals surface area contributed by atoms with Crippen LogP contribution < -0.4 is 17.0 Å². The van der Waals surface area contributed by atoms with Gasteiger partial charge in [0.1, 0.15) is 42.1 Å². The number of nitrogen functional groups attached to an aromatic ring is 2. The molecule has 2 bridgehead atoms. The Morgan fingerprint density at radius 3 is 2.27 bits per heavy atom. The number of aromatic amines is 1. The van der Waals surface area contributed by atoms with Gasteiger partial charge < -0.3 is 45.5 Å². The van der Waals surface area contributed by atoms with E-state index in [1.54, 1.807) is 18.2 Å². The van der Waals surface area contributed by atoms with Gasteiger partial charge in [-0.1, -0.05) is 6.07 Å². The van der Waals surface area contributed by atoms with Crippen molar-refractivity contribution in [2.45, 2.75) is 49.1 Å². The summed E-state index contributed by atoms with van der Waals surface area (Å²) in [6.07, 6.45) is -9.96. The van der Waals surface area contributed by atoms with Gasteiger partial charge in [0.15, 0.2) is 23.6 Å². The minimum Gasteiger partial charge on any atom is -0.397 e. The molecule has 242 valence electrons. The van der Waals surface area contributed by atoms with E-state index in [2.05, 4.69) is 19.9 Å². The highest BCUT2D eigenvalue weighted by molar-refractivity contribution is 7.47. The van der Waals surface area contributed by atoms with Crippen molar-refractivity contribution in [3.8, 4) is 0 Å². The molecule has 0 aliphatic carbocycles. The first-order valence-electron chi connectivity index (χ1n) is 13.2. The summed E-state index contributed by atoms with van der Waals surface area (Å²) in [6.45, 7) is -1.60. The number of nitrogens with two attached hydrogens (primary N) is 2. The number of aliphatic hydroxyl groups excluding tert-OH is 2. The molecule has 2 unspecified atom stereocenters. The number of hydrogen-bond donors (Lipinski definition) is 7. The summed E-state index contributed by atoms with van der Waals surface area (Å²) in [5.41, 5.74) is 11.9. The Balaban J connectivity index is 1.21. The molecule has 0 radical (unpaired) electrons. The summed E-state index contributed by atoms with van der Waals surface area (Å²) in [4.78, 5) is 48.1. The van der Waals surface area contributed by atoms with E-state index in [0.29, 0.717) is 16.7 Å². The van der Waals surface area contributed by atoms with Crippen molar-refractivity contribution in [1.29, 1.82) is 0 Å². The summed E-state index contributed by atoms with van der Waals surface area (Å²) in [5, 5.41) is 22.2. The molecule has 3 fully saturated rings. The smallest absolute Gasteiger partial charge is 0.397 e. The fourth-order valence-electron chi connectivity index (χ4n) is 5.52. The number of nitrogens with zero attached hydrogens (tertiary/aromatic N) is 5. The van der Waals surface area contributed by atoms with Crippen LogP contribution in [-0.2, 0) is 36.7 Å². The van der Waals surface area contributed by atoms with Gasteiger partial charge in [-0.05, 0) is 12.1 Å². The number of phosphoric acid groups is 2. The quantitative estimate of drug-likeness (QED) is 0.0978. The SMILES string of the molecule is Nc1nc2c(ncn2[C@@H]2O[C@@H]3COP(=O)(O)O[C@H]4[C@@H](O)[C@H](n5cnc6c(N)cccc65)O[C@@H]4COP(=O)(O)O[C@@H]2[C@@H]3O)c(=O)[nH]1. The number of H-pyrrole nitrogens is 1. The predicted octanol–water partition coefficient (Wildman–Crippen LogP) is -1.13. The number of benzene rings is 1. The number of aromatic nitrogens is 6. The van der Waals surface area contributed by atoms with Crippen LogP contribution in [0.2, 0.25) is 0 Å². The van der Waals surface area contributed by atoms with Crippen molar-refractivity contribution < 1.29 is 56.7 Å². The number of anilines is 2. The summed E-state index contributed by atoms with van der Waals surface area (Å²) in [6, 6.07) is 4.92. The van der Waals surface area contributed by atoms with Gasteiger partial charge in [-0.2, -0.15) is 4.98 Å². The number of hydrogen-bond acceptors (Lipinski definition) is 16. The molecular weight excluding hydrogens is 646 g/mol. The van der Waals surface area contributed by atoms with Crippen molar-refractivity contribution >= 4 is 49.5 Å². The second-order valence-corrected chi connectivity index (χ2v) is 13.2. The normalized spacial score (nSPS) is 37.7. The Labute approximate surface area is 250 Å². The molecule has 3 aliphatic heterocycles. The zero-order valence-corrected chi connectivity index (χ0v) is 24.5. The maximum absolute atomic E-state index is 13.2. The standard InChI is InChI=1S/C22H26N8O13P2/c23-8-2-1-3-9-12(8)25-6-29(9)20-15(32)16-11(41-20)5-39-45(36,37)43-17-14(31)10(4-38-44(34,35)42-16)40-21(17)30-7-26-13-18(30)27-22(24)28-19(13)33/h1-3,6-7,10-11,14-17,20-21,31-32H,4-5,23H2,(H,34,35)(H,36,37)(H3,24,27,28,33)/t10-,11-,14-,15-,16-,17-,20-,21-/m1/s1. The van der Waals surface area contributed by atoms with Gasteiger partial charge in [-0.15, -0.1) is 0 Å². The minimum atomic E-state index is -5.09. The second-order valence-electron chi connectivity index (χ2n) is 10.4. The molecule has 3 saturated heterocycles. The van der Waals surface area contributed by atoms with E-state index in [4.69, 9.17) is 39.0 Å². The van der Waals surface area contributed by atoms with Gasteiger partial charge in [0.2, 0.25) is 5.95 Å². The molecule has 3 aromatic heterocycles. The van der Waals surface area contributed by atoms with Crippen LogP contribution in [0.4, 0.5) is 11.6 Å². The third-order valence-electron chi connectivity index (χ3n) is 7.57. The first-order valence-corrected chi connectivity index (χ1v) is 16.2. The molecule has 21 nitrogen and oxygen atoms in total. The van der Waals surface area contributed by atoms with E-state index in [1.165, 1.54) is 10.9 Å². The Hall–Kier alpha value is -3.30. The van der Waals surface area contributed by atoms with Gasteiger partial charge in [0.05, 0.1) is 37.1 Å². The van der Waals surface area contributed by atoms with Gasteiger partial charge in [0, 0.05) is 0 Å². The van der Waals surface area contributed by atoms with Crippen molar-refractivity contribution in [2.75, 3.05) is 24.7 Å². The number of phosphoric ester groups is 2. The summed E-state index contributed by atoms with van der Waals surface area (Å²) in [5.74, 6) is -0.277. The number of ether oxygens (including phenoxy) is 2. The van der Waals surface area contributed by atoms with E-state index >= 15 is 0 Å². The lowest BCUT2D eigenvalue weighted by molar-refractivity contribution is -0.0671. The van der Waals surface area contributed by atoms with Crippen LogP contribution in [0.5, 0.6) is 0 Å². The van der Waals surface area contributed by atoms with Crippen LogP contribution in [0.25, 0.3) is 22.2 Å². The highest BCUT2D eigenvalue weighted by Gasteiger charge is 2.53. The zero-order valence-electron chi connectivity index (χ0n) is 22.7. The Morgan fingerprint density at radius 2 is 1.51 bits per heavy atom. The number of aliphatic hydroxyl groups is 2. The fraction of sp³-hybridized carbons (Fsp3) is 0.455. The third kappa shape index (κ3) is 5.35. The summed E-state index contributed by atoms with van der Waals surface area (Å²) < 4.78 is 61.4. The van der Waals surface area contributed by atoms with Crippen LogP contribution in [0.15, 0.2) is 35.6 Å². The highest BCUT2D eigenvalue weighted by atomic mass is 31.2. The first kappa shape index (κ1) is 30.4. The molecule has 23 heteroatoms. The fourth-order valence-corrected chi connectivity index (χ4v) is 7.42. The lowest BCUT2D eigenvalue weighted by atomic mass is 10.1. The minimum absolute atomic E-state index is 0.120. The zero-order chi connectivity index (χ0) is 31.8. The highest BCUT2D eigenvalue weighted by Crippen LogP contribution is 2.53. The Kier molecular flexibility index (Phi) is 7.36. The van der Waals surface area contributed by atoms with Crippen molar-refractivity contribution in [3.63, 3.8) is 0 Å². The predicted molar refractivity (Wildman–Crippen MR) is 148 cm³/mol. The molecule has 9 N–H and O–H groups in total. The van der Waals surface area contributed by atoms with Gasteiger partial charge in [0.25, 0.3) is 5.56 Å². The maximum Gasteiger partial charge on any atom is 0.472 e. The van der Waals surface area contributed by atoms with E-state index < -0.39 is 83.5 Å². The molecule has 0 spiro atoms. The van der Waals surface area contributed by atoms with Crippen LogP contribution in [0, 0.1) is 0 Å². The van der Waals surface area contributed by atoms with Crippen molar-refractivity contribution in [3.05, 3.63) is 41.2 Å². The number of para-hydroxylation sites is 1. The molecule has 3 aliphatic rings.